The van der Waals surface area contributed by atoms with Crippen LogP contribution >= 0.6 is 11.6 Å². The molecule has 1 aliphatic rings. The molecule has 0 radical (unpaired) electrons. The molecule has 0 fully saturated rings. The van der Waals surface area contributed by atoms with Crippen LogP contribution in [0.3, 0.4) is 0 Å². The van der Waals surface area contributed by atoms with Crippen LogP contribution in [0.25, 0.3) is 6.08 Å². The maximum Gasteiger partial charge on any atom is 0.197 e. The van der Waals surface area contributed by atoms with Gasteiger partial charge in [-0.2, -0.15) is 0 Å². The highest BCUT2D eigenvalue weighted by Gasteiger charge is 2.32. The first-order valence-electron chi connectivity index (χ1n) is 9.61. The third kappa shape index (κ3) is 4.00. The Bertz CT molecular complexity index is 1110. The summed E-state index contributed by atoms with van der Waals surface area (Å²) < 4.78 is 11.6. The zero-order valence-corrected chi connectivity index (χ0v) is 17.1. The largest absolute Gasteiger partial charge is 0.490 e. The van der Waals surface area contributed by atoms with Crippen molar-refractivity contribution in [2.45, 2.75) is 13.5 Å². The van der Waals surface area contributed by atoms with Crippen LogP contribution in [0.5, 0.6) is 11.5 Å². The van der Waals surface area contributed by atoms with E-state index in [0.29, 0.717) is 46.4 Å². The summed E-state index contributed by atoms with van der Waals surface area (Å²) >= 11 is 5.92. The number of ether oxygens (including phenoxy) is 2. The molecule has 0 atom stereocenters. The molecule has 150 valence electrons. The zero-order valence-electron chi connectivity index (χ0n) is 16.4. The number of benzene rings is 3. The topological polar surface area (TPSA) is 52.6 Å². The first kappa shape index (κ1) is 19.9. The Labute approximate surface area is 179 Å². The SMILES string of the molecule is CCOc1cc(C=C2C(=O)c3ccccc3C2=O)ccc1OCc1ccc(Cl)cc1. The normalized spacial score (nSPS) is 12.7. The molecule has 0 amide bonds. The van der Waals surface area contributed by atoms with Gasteiger partial charge in [-0.15, -0.1) is 0 Å². The van der Waals surface area contributed by atoms with Gasteiger partial charge in [0.15, 0.2) is 23.1 Å². The lowest BCUT2D eigenvalue weighted by atomic mass is 10.1. The standard InChI is InChI=1S/C25H19ClO4/c1-2-29-23-14-17(9-12-22(23)30-15-16-7-10-18(26)11-8-16)13-21-24(27)19-5-3-4-6-20(19)25(21)28/h3-14H,2,15H2,1H3. The molecule has 5 heteroatoms. The van der Waals surface area contributed by atoms with Crippen LogP contribution in [0, 0.1) is 0 Å². The fourth-order valence-corrected chi connectivity index (χ4v) is 3.44. The van der Waals surface area contributed by atoms with Crippen molar-refractivity contribution in [3.05, 3.63) is 99.6 Å². The number of fused-ring (bicyclic) bond motifs is 1. The van der Waals surface area contributed by atoms with Crippen molar-refractivity contribution in [3.8, 4) is 11.5 Å². The number of allylic oxidation sites excluding steroid dienone is 1. The summed E-state index contributed by atoms with van der Waals surface area (Å²) in [5, 5.41) is 0.671. The van der Waals surface area contributed by atoms with Crippen molar-refractivity contribution in [2.24, 2.45) is 0 Å². The Kier molecular flexibility index (Phi) is 5.68. The molecule has 3 aromatic rings. The summed E-state index contributed by atoms with van der Waals surface area (Å²) in [5.41, 5.74) is 2.73. The molecule has 0 aliphatic heterocycles. The molecule has 4 rings (SSSR count). The minimum Gasteiger partial charge on any atom is -0.490 e. The van der Waals surface area contributed by atoms with Crippen LogP contribution in [-0.2, 0) is 6.61 Å². The van der Waals surface area contributed by atoms with E-state index < -0.39 is 0 Å². The lowest BCUT2D eigenvalue weighted by Crippen LogP contribution is -2.02. The molecule has 30 heavy (non-hydrogen) atoms. The van der Waals surface area contributed by atoms with E-state index in [1.807, 2.05) is 31.2 Å². The van der Waals surface area contributed by atoms with E-state index in [1.54, 1.807) is 48.5 Å². The van der Waals surface area contributed by atoms with Crippen molar-refractivity contribution in [1.29, 1.82) is 0 Å². The molecule has 0 aromatic heterocycles. The Morgan fingerprint density at radius 1 is 0.833 bits per heavy atom. The first-order chi connectivity index (χ1) is 14.6. The summed E-state index contributed by atoms with van der Waals surface area (Å²) in [4.78, 5) is 25.2. The molecule has 0 bridgehead atoms. The Balaban J connectivity index is 1.59. The molecule has 0 unspecified atom stereocenters. The van der Waals surface area contributed by atoms with Gasteiger partial charge in [0.1, 0.15) is 6.61 Å². The van der Waals surface area contributed by atoms with Crippen molar-refractivity contribution < 1.29 is 19.1 Å². The van der Waals surface area contributed by atoms with E-state index in [4.69, 9.17) is 21.1 Å². The Morgan fingerprint density at radius 2 is 1.50 bits per heavy atom. The van der Waals surface area contributed by atoms with Gasteiger partial charge in [0.05, 0.1) is 12.2 Å². The molecule has 0 heterocycles. The van der Waals surface area contributed by atoms with Crippen LogP contribution < -0.4 is 9.47 Å². The summed E-state index contributed by atoms with van der Waals surface area (Å²) in [6.07, 6.45) is 1.61. The summed E-state index contributed by atoms with van der Waals surface area (Å²) in [6.45, 7) is 2.71. The Morgan fingerprint density at radius 3 is 2.13 bits per heavy atom. The second kappa shape index (κ2) is 8.56. The monoisotopic (exact) mass is 418 g/mol. The van der Waals surface area contributed by atoms with Gasteiger partial charge >= 0.3 is 0 Å². The molecule has 0 saturated carbocycles. The highest BCUT2D eigenvalue weighted by atomic mass is 35.5. The van der Waals surface area contributed by atoms with E-state index in [0.717, 1.165) is 5.56 Å². The predicted molar refractivity (Wildman–Crippen MR) is 116 cm³/mol. The molecular weight excluding hydrogens is 400 g/mol. The third-order valence-corrected chi connectivity index (χ3v) is 5.04. The maximum atomic E-state index is 12.6. The molecule has 3 aromatic carbocycles. The van der Waals surface area contributed by atoms with Gasteiger partial charge in [-0.25, -0.2) is 0 Å². The smallest absolute Gasteiger partial charge is 0.197 e. The maximum absolute atomic E-state index is 12.6. The fourth-order valence-electron chi connectivity index (χ4n) is 3.31. The lowest BCUT2D eigenvalue weighted by molar-refractivity contribution is 0.0990. The van der Waals surface area contributed by atoms with Gasteiger partial charge in [-0.1, -0.05) is 54.1 Å². The van der Waals surface area contributed by atoms with Gasteiger partial charge in [0, 0.05) is 16.1 Å². The van der Waals surface area contributed by atoms with Gasteiger partial charge in [-0.3, -0.25) is 9.59 Å². The van der Waals surface area contributed by atoms with Crippen LogP contribution in [0.4, 0.5) is 0 Å². The highest BCUT2D eigenvalue weighted by molar-refractivity contribution is 6.41. The zero-order chi connectivity index (χ0) is 21.1. The highest BCUT2D eigenvalue weighted by Crippen LogP contribution is 2.32. The second-order valence-electron chi connectivity index (χ2n) is 6.82. The number of carbonyl (C=O) groups is 2. The Hall–Kier alpha value is -3.37. The summed E-state index contributed by atoms with van der Waals surface area (Å²) in [6, 6.07) is 19.6. The van der Waals surface area contributed by atoms with E-state index in [2.05, 4.69) is 0 Å². The third-order valence-electron chi connectivity index (χ3n) is 4.79. The minimum atomic E-state index is -0.253. The van der Waals surface area contributed by atoms with Crippen LogP contribution in [0.2, 0.25) is 5.02 Å². The van der Waals surface area contributed by atoms with Gasteiger partial charge in [-0.05, 0) is 48.4 Å². The van der Waals surface area contributed by atoms with Crippen molar-refractivity contribution in [1.82, 2.24) is 0 Å². The number of rotatable bonds is 6. The van der Waals surface area contributed by atoms with Gasteiger partial charge < -0.3 is 9.47 Å². The molecule has 4 nitrogen and oxygen atoms in total. The molecule has 0 spiro atoms. The van der Waals surface area contributed by atoms with E-state index in [9.17, 15) is 9.59 Å². The predicted octanol–water partition coefficient (Wildman–Crippen LogP) is 5.78. The van der Waals surface area contributed by atoms with Gasteiger partial charge in [0.2, 0.25) is 0 Å². The first-order valence-corrected chi connectivity index (χ1v) is 9.99. The number of hydrogen-bond donors (Lipinski definition) is 0. The van der Waals surface area contributed by atoms with Crippen LogP contribution in [0.15, 0.2) is 72.3 Å². The molecule has 0 saturated heterocycles. The number of ketones is 2. The average Bonchev–Trinajstić information content (AvgIpc) is 3.00. The molecule has 1 aliphatic carbocycles. The number of hydrogen-bond acceptors (Lipinski definition) is 4. The minimum absolute atomic E-state index is 0.161. The molecule has 0 N–H and O–H groups in total. The van der Waals surface area contributed by atoms with E-state index in [1.165, 1.54) is 0 Å². The van der Waals surface area contributed by atoms with E-state index >= 15 is 0 Å². The lowest BCUT2D eigenvalue weighted by Gasteiger charge is -2.13. The number of halogens is 1. The van der Waals surface area contributed by atoms with Crippen molar-refractivity contribution in [3.63, 3.8) is 0 Å². The van der Waals surface area contributed by atoms with Crippen LogP contribution in [0.1, 0.15) is 38.8 Å². The summed E-state index contributed by atoms with van der Waals surface area (Å²) in [7, 11) is 0. The fraction of sp³-hybridized carbons (Fsp3) is 0.120. The number of carbonyl (C=O) groups excluding carboxylic acids is 2. The van der Waals surface area contributed by atoms with Crippen molar-refractivity contribution in [2.75, 3.05) is 6.61 Å². The van der Waals surface area contributed by atoms with Crippen molar-refractivity contribution >= 4 is 29.2 Å². The number of Topliss-reactive ketones (excluding diaryl/α,β-unsaturated/α-hetero) is 2. The van der Waals surface area contributed by atoms with E-state index in [-0.39, 0.29) is 17.1 Å². The quantitative estimate of drug-likeness (QED) is 0.376. The average molecular weight is 419 g/mol. The summed E-state index contributed by atoms with van der Waals surface area (Å²) in [5.74, 6) is 0.630. The second-order valence-corrected chi connectivity index (χ2v) is 7.25. The van der Waals surface area contributed by atoms with Gasteiger partial charge in [0.25, 0.3) is 0 Å². The molecular formula is C25H19ClO4. The van der Waals surface area contributed by atoms with Crippen LogP contribution in [-0.4, -0.2) is 18.2 Å².